The molecule has 1 aromatic carbocycles. The summed E-state index contributed by atoms with van der Waals surface area (Å²) in [5.74, 6) is 1.01. The highest BCUT2D eigenvalue weighted by atomic mass is 16.5. The second-order valence-electron chi connectivity index (χ2n) is 4.91. The monoisotopic (exact) mass is 265 g/mol. The maximum atomic E-state index is 11.9. The number of ether oxygens (including phenoxy) is 1. The molecule has 106 valence electrons. The third-order valence-electron chi connectivity index (χ3n) is 3.06. The fourth-order valence-corrected chi connectivity index (χ4v) is 1.89. The van der Waals surface area contributed by atoms with E-state index in [-0.39, 0.29) is 18.4 Å². The molecule has 0 aliphatic rings. The van der Waals surface area contributed by atoms with E-state index >= 15 is 0 Å². The molecule has 0 aliphatic heterocycles. The molecule has 0 saturated carbocycles. The molecule has 0 radical (unpaired) electrons. The van der Waals surface area contributed by atoms with Crippen LogP contribution in [0, 0.1) is 12.8 Å². The van der Waals surface area contributed by atoms with E-state index in [9.17, 15) is 4.79 Å². The Kier molecular flexibility index (Phi) is 6.36. The van der Waals surface area contributed by atoms with Gasteiger partial charge in [-0.1, -0.05) is 24.6 Å². The summed E-state index contributed by atoms with van der Waals surface area (Å²) >= 11 is 0. The maximum absolute atomic E-state index is 11.9. The minimum atomic E-state index is -0.0197. The van der Waals surface area contributed by atoms with Crippen molar-refractivity contribution in [1.82, 2.24) is 5.32 Å². The molecule has 1 amide bonds. The highest BCUT2D eigenvalue weighted by molar-refractivity contribution is 5.79. The number of amides is 1. The molecule has 0 heterocycles. The van der Waals surface area contributed by atoms with Crippen LogP contribution in [0.4, 0.5) is 0 Å². The van der Waals surface area contributed by atoms with Crippen LogP contribution >= 0.6 is 0 Å². The van der Waals surface area contributed by atoms with E-state index in [4.69, 9.17) is 9.84 Å². The topological polar surface area (TPSA) is 58.6 Å². The zero-order valence-corrected chi connectivity index (χ0v) is 11.9. The predicted molar refractivity (Wildman–Crippen MR) is 75.3 cm³/mol. The zero-order chi connectivity index (χ0) is 14.3. The van der Waals surface area contributed by atoms with Gasteiger partial charge in [0.1, 0.15) is 5.75 Å². The molecule has 0 bridgehead atoms. The van der Waals surface area contributed by atoms with Crippen LogP contribution in [0.2, 0.25) is 0 Å². The number of aliphatic hydroxyl groups is 1. The quantitative estimate of drug-likeness (QED) is 0.788. The lowest BCUT2D eigenvalue weighted by Gasteiger charge is -2.13. The van der Waals surface area contributed by atoms with Crippen molar-refractivity contribution < 1.29 is 14.6 Å². The second kappa shape index (κ2) is 7.79. The number of aliphatic hydroxyl groups excluding tert-OH is 1. The summed E-state index contributed by atoms with van der Waals surface area (Å²) in [6.07, 6.45) is 1.02. The summed E-state index contributed by atoms with van der Waals surface area (Å²) in [6, 6.07) is 5.81. The van der Waals surface area contributed by atoms with E-state index in [0.29, 0.717) is 19.4 Å². The first-order chi connectivity index (χ1) is 9.06. The van der Waals surface area contributed by atoms with Crippen LogP contribution in [0.1, 0.15) is 24.5 Å². The van der Waals surface area contributed by atoms with Crippen LogP contribution < -0.4 is 10.1 Å². The van der Waals surface area contributed by atoms with Crippen LogP contribution in [0.25, 0.3) is 0 Å². The van der Waals surface area contributed by atoms with Crippen molar-refractivity contribution in [1.29, 1.82) is 0 Å². The van der Waals surface area contributed by atoms with Gasteiger partial charge < -0.3 is 15.2 Å². The van der Waals surface area contributed by atoms with Crippen molar-refractivity contribution in [2.24, 2.45) is 5.92 Å². The van der Waals surface area contributed by atoms with Crippen LogP contribution in [0.5, 0.6) is 5.75 Å². The summed E-state index contributed by atoms with van der Waals surface area (Å²) in [7, 11) is 1.61. The summed E-state index contributed by atoms with van der Waals surface area (Å²) < 4.78 is 5.25. The van der Waals surface area contributed by atoms with E-state index in [1.807, 2.05) is 32.0 Å². The second-order valence-corrected chi connectivity index (χ2v) is 4.91. The Balaban J connectivity index is 2.54. The van der Waals surface area contributed by atoms with E-state index in [1.165, 1.54) is 0 Å². The van der Waals surface area contributed by atoms with Crippen LogP contribution in [0.15, 0.2) is 18.2 Å². The zero-order valence-electron chi connectivity index (χ0n) is 11.9. The fraction of sp³-hybridized carbons (Fsp3) is 0.533. The van der Waals surface area contributed by atoms with Crippen LogP contribution in [-0.4, -0.2) is 31.3 Å². The standard InChI is InChI=1S/C15H23NO3/c1-11-4-5-14(19-3)13(8-11)9-15(18)16-10-12(2)6-7-17/h4-5,8,12,17H,6-7,9-10H2,1-3H3,(H,16,18). The SMILES string of the molecule is COc1ccc(C)cc1CC(=O)NCC(C)CCO. The molecular weight excluding hydrogens is 242 g/mol. The van der Waals surface area contributed by atoms with E-state index < -0.39 is 0 Å². The Morgan fingerprint density at radius 3 is 2.84 bits per heavy atom. The van der Waals surface area contributed by atoms with E-state index in [1.54, 1.807) is 7.11 Å². The highest BCUT2D eigenvalue weighted by Gasteiger charge is 2.10. The third-order valence-corrected chi connectivity index (χ3v) is 3.06. The molecule has 0 aromatic heterocycles. The first-order valence-corrected chi connectivity index (χ1v) is 6.58. The van der Waals surface area contributed by atoms with Gasteiger partial charge in [0.05, 0.1) is 13.5 Å². The Morgan fingerprint density at radius 2 is 2.21 bits per heavy atom. The fourth-order valence-electron chi connectivity index (χ4n) is 1.89. The van der Waals surface area contributed by atoms with Gasteiger partial charge in [0.25, 0.3) is 0 Å². The molecule has 0 fully saturated rings. The number of carbonyl (C=O) groups is 1. The Morgan fingerprint density at radius 1 is 1.47 bits per heavy atom. The number of hydrogen-bond donors (Lipinski definition) is 2. The Hall–Kier alpha value is -1.55. The number of rotatable bonds is 7. The molecule has 4 nitrogen and oxygen atoms in total. The summed E-state index contributed by atoms with van der Waals surface area (Å²) in [6.45, 7) is 4.74. The van der Waals surface area contributed by atoms with Crippen molar-refractivity contribution in [3.8, 4) is 5.75 Å². The van der Waals surface area contributed by atoms with Gasteiger partial charge in [-0.25, -0.2) is 0 Å². The lowest BCUT2D eigenvalue weighted by Crippen LogP contribution is -2.30. The molecule has 1 aromatic rings. The highest BCUT2D eigenvalue weighted by Crippen LogP contribution is 2.20. The summed E-state index contributed by atoms with van der Waals surface area (Å²) in [5.41, 5.74) is 2.01. The molecule has 0 saturated heterocycles. The summed E-state index contributed by atoms with van der Waals surface area (Å²) in [4.78, 5) is 11.9. The third kappa shape index (κ3) is 5.30. The molecule has 0 spiro atoms. The van der Waals surface area contributed by atoms with Gasteiger partial charge in [-0.3, -0.25) is 4.79 Å². The van der Waals surface area contributed by atoms with Gasteiger partial charge in [0, 0.05) is 18.7 Å². The first kappa shape index (κ1) is 15.5. The normalized spacial score (nSPS) is 12.0. The minimum absolute atomic E-state index is 0.0197. The molecule has 1 atom stereocenters. The number of methoxy groups -OCH3 is 1. The van der Waals surface area contributed by atoms with E-state index in [0.717, 1.165) is 16.9 Å². The lowest BCUT2D eigenvalue weighted by molar-refractivity contribution is -0.120. The Labute approximate surface area is 114 Å². The van der Waals surface area contributed by atoms with E-state index in [2.05, 4.69) is 5.32 Å². The lowest BCUT2D eigenvalue weighted by atomic mass is 10.1. The van der Waals surface area contributed by atoms with Crippen molar-refractivity contribution in [3.63, 3.8) is 0 Å². The smallest absolute Gasteiger partial charge is 0.224 e. The van der Waals surface area contributed by atoms with Gasteiger partial charge in [-0.2, -0.15) is 0 Å². The molecule has 2 N–H and O–H groups in total. The molecular formula is C15H23NO3. The first-order valence-electron chi connectivity index (χ1n) is 6.58. The largest absolute Gasteiger partial charge is 0.496 e. The summed E-state index contributed by atoms with van der Waals surface area (Å²) in [5, 5.41) is 11.7. The van der Waals surface area contributed by atoms with Crippen molar-refractivity contribution in [2.45, 2.75) is 26.7 Å². The van der Waals surface area contributed by atoms with Crippen LogP contribution in [0.3, 0.4) is 0 Å². The molecule has 0 aliphatic carbocycles. The van der Waals surface area contributed by atoms with Crippen LogP contribution in [-0.2, 0) is 11.2 Å². The van der Waals surface area contributed by atoms with Gasteiger partial charge >= 0.3 is 0 Å². The average molecular weight is 265 g/mol. The predicted octanol–water partition coefficient (Wildman–Crippen LogP) is 1.68. The number of aryl methyl sites for hydroxylation is 1. The number of benzene rings is 1. The molecule has 19 heavy (non-hydrogen) atoms. The molecule has 1 rings (SSSR count). The minimum Gasteiger partial charge on any atom is -0.496 e. The van der Waals surface area contributed by atoms with Crippen molar-refractivity contribution in [3.05, 3.63) is 29.3 Å². The van der Waals surface area contributed by atoms with Crippen molar-refractivity contribution in [2.75, 3.05) is 20.3 Å². The van der Waals surface area contributed by atoms with Gasteiger partial charge in [0.2, 0.25) is 5.91 Å². The maximum Gasteiger partial charge on any atom is 0.224 e. The molecule has 1 unspecified atom stereocenters. The Bertz CT molecular complexity index is 418. The van der Waals surface area contributed by atoms with Crippen molar-refractivity contribution >= 4 is 5.91 Å². The van der Waals surface area contributed by atoms with Gasteiger partial charge in [0.15, 0.2) is 0 Å². The average Bonchev–Trinajstić information content (AvgIpc) is 2.37. The number of carbonyl (C=O) groups excluding carboxylic acids is 1. The molecule has 4 heteroatoms. The van der Waals surface area contributed by atoms with Gasteiger partial charge in [-0.05, 0) is 25.3 Å². The number of hydrogen-bond acceptors (Lipinski definition) is 3. The van der Waals surface area contributed by atoms with Gasteiger partial charge in [-0.15, -0.1) is 0 Å². The number of nitrogens with one attached hydrogen (secondary N) is 1.